The largest absolute Gasteiger partial charge is 0.375 e. The summed E-state index contributed by atoms with van der Waals surface area (Å²) in [6.07, 6.45) is -0.0919. The Morgan fingerprint density at radius 2 is 2.19 bits per heavy atom. The highest BCUT2D eigenvalue weighted by Crippen LogP contribution is 2.25. The number of hydrogen-bond acceptors (Lipinski definition) is 4. The minimum absolute atomic E-state index is 0.0848. The van der Waals surface area contributed by atoms with Crippen molar-refractivity contribution in [1.82, 2.24) is 14.9 Å². The Morgan fingerprint density at radius 3 is 2.76 bits per heavy atom. The van der Waals surface area contributed by atoms with Gasteiger partial charge in [0.05, 0.1) is 12.2 Å². The van der Waals surface area contributed by atoms with E-state index < -0.39 is 0 Å². The van der Waals surface area contributed by atoms with Gasteiger partial charge in [-0.1, -0.05) is 0 Å². The van der Waals surface area contributed by atoms with E-state index in [1.807, 2.05) is 40.0 Å². The van der Waals surface area contributed by atoms with Crippen LogP contribution in [0.3, 0.4) is 0 Å². The van der Waals surface area contributed by atoms with E-state index in [0.717, 1.165) is 16.4 Å². The van der Waals surface area contributed by atoms with Crippen molar-refractivity contribution >= 4 is 17.2 Å². The van der Waals surface area contributed by atoms with Gasteiger partial charge in [-0.15, -0.1) is 11.3 Å². The average Bonchev–Trinajstić information content (AvgIpc) is 3.00. The number of rotatable bonds is 5. The lowest BCUT2D eigenvalue weighted by atomic mass is 10.3. The van der Waals surface area contributed by atoms with Crippen molar-refractivity contribution in [1.29, 1.82) is 0 Å². The molecule has 5 nitrogen and oxygen atoms in total. The molecule has 21 heavy (non-hydrogen) atoms. The minimum atomic E-state index is -0.0919. The summed E-state index contributed by atoms with van der Waals surface area (Å²) in [6.45, 7) is 6.32. The molecule has 0 bridgehead atoms. The number of aryl methyl sites for hydroxylation is 2. The molecule has 6 heteroatoms. The zero-order chi connectivity index (χ0) is 15.6. The molecule has 0 spiro atoms. The van der Waals surface area contributed by atoms with Gasteiger partial charge in [0.25, 0.3) is 5.91 Å². The summed E-state index contributed by atoms with van der Waals surface area (Å²) in [5, 5.41) is 3.78. The second-order valence-corrected chi connectivity index (χ2v) is 6.08. The predicted molar refractivity (Wildman–Crippen MR) is 83.6 cm³/mol. The lowest BCUT2D eigenvalue weighted by Crippen LogP contribution is -2.23. The van der Waals surface area contributed by atoms with Crippen molar-refractivity contribution in [2.75, 3.05) is 7.11 Å². The third-order valence-electron chi connectivity index (χ3n) is 3.63. The van der Waals surface area contributed by atoms with Crippen LogP contribution < -0.4 is 5.32 Å². The van der Waals surface area contributed by atoms with Crippen LogP contribution in [0.4, 0.5) is 0 Å². The standard InChI is InChI=1S/C15H21N3O2S/c1-9-6-7-12(18(9)4)8-16-14(19)13-10(2)17-15(21-13)11(3)20-5/h6-7,11H,8H2,1-5H3,(H,16,19)/t11-/m1/s1. The Kier molecular flexibility index (Phi) is 4.80. The smallest absolute Gasteiger partial charge is 0.263 e. The molecule has 1 amide bonds. The van der Waals surface area contributed by atoms with Gasteiger partial charge in [-0.25, -0.2) is 4.98 Å². The van der Waals surface area contributed by atoms with Crippen LogP contribution in [0.15, 0.2) is 12.1 Å². The van der Waals surface area contributed by atoms with Crippen LogP contribution >= 0.6 is 11.3 Å². The fraction of sp³-hybridized carbons (Fsp3) is 0.467. The molecule has 1 atom stereocenters. The van der Waals surface area contributed by atoms with E-state index >= 15 is 0 Å². The summed E-state index contributed by atoms with van der Waals surface area (Å²) in [5.41, 5.74) is 3.00. The van der Waals surface area contributed by atoms with Crippen molar-refractivity contribution in [2.45, 2.75) is 33.4 Å². The second-order valence-electron chi connectivity index (χ2n) is 5.05. The van der Waals surface area contributed by atoms with E-state index in [1.54, 1.807) is 7.11 Å². The molecule has 2 rings (SSSR count). The topological polar surface area (TPSA) is 56.1 Å². The molecule has 0 aliphatic rings. The number of carbonyl (C=O) groups excluding carboxylic acids is 1. The molecule has 2 heterocycles. The summed E-state index contributed by atoms with van der Waals surface area (Å²) in [7, 11) is 3.63. The highest BCUT2D eigenvalue weighted by molar-refractivity contribution is 7.13. The van der Waals surface area contributed by atoms with Gasteiger partial charge in [-0.05, 0) is 32.9 Å². The highest BCUT2D eigenvalue weighted by atomic mass is 32.1. The van der Waals surface area contributed by atoms with Crippen LogP contribution in [0.25, 0.3) is 0 Å². The van der Waals surface area contributed by atoms with Gasteiger partial charge < -0.3 is 14.6 Å². The van der Waals surface area contributed by atoms with E-state index in [0.29, 0.717) is 11.4 Å². The maximum atomic E-state index is 12.3. The van der Waals surface area contributed by atoms with Crippen LogP contribution in [0.5, 0.6) is 0 Å². The summed E-state index contributed by atoms with van der Waals surface area (Å²) >= 11 is 1.39. The summed E-state index contributed by atoms with van der Waals surface area (Å²) in [5.74, 6) is -0.0848. The van der Waals surface area contributed by atoms with E-state index in [2.05, 4.69) is 14.9 Å². The molecule has 0 aromatic carbocycles. The normalized spacial score (nSPS) is 12.4. The van der Waals surface area contributed by atoms with Gasteiger partial charge in [-0.3, -0.25) is 4.79 Å². The SMILES string of the molecule is CO[C@H](C)c1nc(C)c(C(=O)NCc2ccc(C)n2C)s1. The maximum Gasteiger partial charge on any atom is 0.263 e. The third kappa shape index (κ3) is 3.33. The molecule has 0 unspecified atom stereocenters. The average molecular weight is 307 g/mol. The first-order chi connectivity index (χ1) is 9.93. The number of ether oxygens (including phenoxy) is 1. The molecule has 0 saturated heterocycles. The van der Waals surface area contributed by atoms with Gasteiger partial charge in [0.2, 0.25) is 0 Å². The number of methoxy groups -OCH3 is 1. The van der Waals surface area contributed by atoms with Crippen molar-refractivity contribution in [2.24, 2.45) is 7.05 Å². The molecule has 2 aromatic rings. The number of hydrogen-bond donors (Lipinski definition) is 1. The number of amides is 1. The Labute approximate surface area is 129 Å². The first-order valence-electron chi connectivity index (χ1n) is 6.83. The van der Waals surface area contributed by atoms with Crippen LogP contribution in [0.1, 0.15) is 44.8 Å². The zero-order valence-electron chi connectivity index (χ0n) is 13.1. The summed E-state index contributed by atoms with van der Waals surface area (Å²) in [6, 6.07) is 4.06. The van der Waals surface area contributed by atoms with Crippen LogP contribution in [-0.2, 0) is 18.3 Å². The number of nitrogens with zero attached hydrogens (tertiary/aromatic N) is 2. The molecule has 2 aromatic heterocycles. The van der Waals surface area contributed by atoms with Crippen LogP contribution in [0, 0.1) is 13.8 Å². The van der Waals surface area contributed by atoms with E-state index in [1.165, 1.54) is 17.0 Å². The van der Waals surface area contributed by atoms with Crippen LogP contribution in [0.2, 0.25) is 0 Å². The Balaban J connectivity index is 2.07. The summed E-state index contributed by atoms with van der Waals surface area (Å²) < 4.78 is 7.31. The number of thiazole rings is 1. The molecule has 0 aliphatic heterocycles. The second kappa shape index (κ2) is 6.41. The van der Waals surface area contributed by atoms with Gasteiger partial charge in [0.1, 0.15) is 16.0 Å². The molecule has 0 radical (unpaired) electrons. The number of carbonyl (C=O) groups is 1. The molecule has 0 aliphatic carbocycles. The van der Waals surface area contributed by atoms with Crippen molar-refractivity contribution < 1.29 is 9.53 Å². The number of aromatic nitrogens is 2. The minimum Gasteiger partial charge on any atom is -0.375 e. The zero-order valence-corrected chi connectivity index (χ0v) is 13.9. The van der Waals surface area contributed by atoms with Crippen molar-refractivity contribution in [3.63, 3.8) is 0 Å². The Hall–Kier alpha value is -1.66. The molecule has 0 fully saturated rings. The van der Waals surface area contributed by atoms with Gasteiger partial charge in [0.15, 0.2) is 0 Å². The van der Waals surface area contributed by atoms with E-state index in [-0.39, 0.29) is 12.0 Å². The molecule has 1 N–H and O–H groups in total. The predicted octanol–water partition coefficient (Wildman–Crippen LogP) is 2.74. The molecular formula is C15H21N3O2S. The quantitative estimate of drug-likeness (QED) is 0.924. The van der Waals surface area contributed by atoms with Crippen molar-refractivity contribution in [3.05, 3.63) is 39.1 Å². The molecular weight excluding hydrogens is 286 g/mol. The van der Waals surface area contributed by atoms with Gasteiger partial charge in [0, 0.05) is 25.5 Å². The molecule has 114 valence electrons. The monoisotopic (exact) mass is 307 g/mol. The van der Waals surface area contributed by atoms with Gasteiger partial charge in [-0.2, -0.15) is 0 Å². The Morgan fingerprint density at radius 1 is 1.48 bits per heavy atom. The lowest BCUT2D eigenvalue weighted by Gasteiger charge is -2.07. The fourth-order valence-corrected chi connectivity index (χ4v) is 3.01. The summed E-state index contributed by atoms with van der Waals surface area (Å²) in [4.78, 5) is 17.3. The van der Waals surface area contributed by atoms with Crippen LogP contribution in [-0.4, -0.2) is 22.6 Å². The maximum absolute atomic E-state index is 12.3. The van der Waals surface area contributed by atoms with Gasteiger partial charge >= 0.3 is 0 Å². The van der Waals surface area contributed by atoms with E-state index in [9.17, 15) is 4.79 Å². The molecule has 0 saturated carbocycles. The van der Waals surface area contributed by atoms with Crippen molar-refractivity contribution in [3.8, 4) is 0 Å². The number of nitrogens with one attached hydrogen (secondary N) is 1. The Bertz CT molecular complexity index is 645. The lowest BCUT2D eigenvalue weighted by molar-refractivity contribution is 0.0953. The highest BCUT2D eigenvalue weighted by Gasteiger charge is 2.18. The van der Waals surface area contributed by atoms with E-state index in [4.69, 9.17) is 4.74 Å². The first kappa shape index (κ1) is 15.7. The third-order valence-corrected chi connectivity index (χ3v) is 4.94. The first-order valence-corrected chi connectivity index (χ1v) is 7.65. The fourth-order valence-electron chi connectivity index (χ4n) is 2.00.